The minimum absolute atomic E-state index is 0.0437. The van der Waals surface area contributed by atoms with Crippen LogP contribution in [0, 0.1) is 17.2 Å². The molecule has 2 aliphatic heterocycles. The Morgan fingerprint density at radius 1 is 1.21 bits per heavy atom. The van der Waals surface area contributed by atoms with E-state index in [1.54, 1.807) is 21.9 Å². The quantitative estimate of drug-likeness (QED) is 0.733. The molecule has 0 aromatic heterocycles. The summed E-state index contributed by atoms with van der Waals surface area (Å²) in [6.07, 6.45) is 1.80. The Bertz CT molecular complexity index is 1160. The molecule has 7 nitrogen and oxygen atoms in total. The molecule has 2 aromatic carbocycles. The average molecular weight is 464 g/mol. The van der Waals surface area contributed by atoms with E-state index in [9.17, 15) is 14.9 Å². The second-order valence-corrected chi connectivity index (χ2v) is 9.59. The van der Waals surface area contributed by atoms with Gasteiger partial charge in [0.2, 0.25) is 5.91 Å². The molecule has 2 amide bonds. The van der Waals surface area contributed by atoms with Crippen molar-refractivity contribution >= 4 is 40.5 Å². The lowest BCUT2D eigenvalue weighted by atomic mass is 10.1. The van der Waals surface area contributed by atoms with Crippen molar-refractivity contribution in [3.8, 4) is 6.07 Å². The number of likely N-dealkylation sites (tertiary alicyclic amines) is 1. The van der Waals surface area contributed by atoms with E-state index in [0.29, 0.717) is 23.0 Å². The minimum atomic E-state index is -0.311. The van der Waals surface area contributed by atoms with Crippen molar-refractivity contribution in [1.29, 1.82) is 5.26 Å². The molecule has 4 atom stereocenters. The van der Waals surface area contributed by atoms with Gasteiger partial charge in [0.15, 0.2) is 0 Å². The molecule has 33 heavy (non-hydrogen) atoms. The van der Waals surface area contributed by atoms with Crippen molar-refractivity contribution in [2.24, 2.45) is 5.92 Å². The van der Waals surface area contributed by atoms with E-state index < -0.39 is 0 Å². The number of nitriles is 1. The second kappa shape index (κ2) is 8.36. The van der Waals surface area contributed by atoms with Crippen LogP contribution in [0.3, 0.4) is 0 Å². The summed E-state index contributed by atoms with van der Waals surface area (Å²) in [6.45, 7) is 2.49. The van der Waals surface area contributed by atoms with E-state index >= 15 is 0 Å². The maximum absolute atomic E-state index is 13.6. The van der Waals surface area contributed by atoms with Crippen LogP contribution in [0.25, 0.3) is 0 Å². The molecule has 2 fully saturated rings. The lowest BCUT2D eigenvalue weighted by Crippen LogP contribution is -2.48. The molecule has 8 heteroatoms. The molecule has 0 radical (unpaired) electrons. The SMILES string of the molecule is C[C@@H](CN1C(=O)c2cc(Cl)ccc2N(C)c2ccccc21)NCC(=O)N1[C@H](C#N)C[C@@H]2C[C@@H]21. The molecule has 1 N–H and O–H groups in total. The molecule has 0 spiro atoms. The number of anilines is 3. The molecule has 1 saturated heterocycles. The summed E-state index contributed by atoms with van der Waals surface area (Å²) in [6, 6.07) is 15.2. The van der Waals surface area contributed by atoms with Gasteiger partial charge in [0.25, 0.3) is 5.91 Å². The van der Waals surface area contributed by atoms with Crippen LogP contribution in [0.5, 0.6) is 0 Å². The number of para-hydroxylation sites is 2. The first-order valence-corrected chi connectivity index (χ1v) is 11.6. The van der Waals surface area contributed by atoms with Crippen LogP contribution in [0.15, 0.2) is 42.5 Å². The van der Waals surface area contributed by atoms with Crippen LogP contribution in [0.4, 0.5) is 17.1 Å². The van der Waals surface area contributed by atoms with Gasteiger partial charge in [0.05, 0.1) is 35.2 Å². The number of halogens is 1. The average Bonchev–Trinajstić information content (AvgIpc) is 3.50. The van der Waals surface area contributed by atoms with Crippen molar-refractivity contribution < 1.29 is 9.59 Å². The van der Waals surface area contributed by atoms with Gasteiger partial charge < -0.3 is 20.0 Å². The Labute approximate surface area is 198 Å². The van der Waals surface area contributed by atoms with Gasteiger partial charge in [-0.3, -0.25) is 9.59 Å². The number of benzene rings is 2. The van der Waals surface area contributed by atoms with Gasteiger partial charge in [-0.2, -0.15) is 5.26 Å². The van der Waals surface area contributed by atoms with Crippen molar-refractivity contribution in [2.75, 3.05) is 29.9 Å². The van der Waals surface area contributed by atoms with E-state index in [0.717, 1.165) is 29.9 Å². The molecule has 3 aliphatic rings. The number of piperidine rings is 1. The molecule has 2 aromatic rings. The first kappa shape index (κ1) is 21.7. The van der Waals surface area contributed by atoms with Crippen LogP contribution < -0.4 is 15.1 Å². The van der Waals surface area contributed by atoms with Gasteiger partial charge in [-0.25, -0.2) is 0 Å². The second-order valence-electron chi connectivity index (χ2n) is 9.15. The van der Waals surface area contributed by atoms with Gasteiger partial charge in [0, 0.05) is 30.7 Å². The van der Waals surface area contributed by atoms with E-state index in [-0.39, 0.29) is 36.5 Å². The number of amides is 2. The Kier molecular flexibility index (Phi) is 5.51. The highest BCUT2D eigenvalue weighted by atomic mass is 35.5. The van der Waals surface area contributed by atoms with Gasteiger partial charge in [-0.1, -0.05) is 23.7 Å². The zero-order chi connectivity index (χ0) is 23.3. The van der Waals surface area contributed by atoms with Gasteiger partial charge in [0.1, 0.15) is 6.04 Å². The molecule has 0 bridgehead atoms. The highest BCUT2D eigenvalue weighted by molar-refractivity contribution is 6.31. The van der Waals surface area contributed by atoms with Gasteiger partial charge in [-0.05, 0) is 56.0 Å². The Morgan fingerprint density at radius 2 is 1.97 bits per heavy atom. The highest BCUT2D eigenvalue weighted by Gasteiger charge is 2.53. The third-order valence-corrected chi connectivity index (χ3v) is 7.16. The Balaban J connectivity index is 1.35. The van der Waals surface area contributed by atoms with Crippen LogP contribution in [-0.4, -0.2) is 55.0 Å². The Hall–Kier alpha value is -3.08. The lowest BCUT2D eigenvalue weighted by molar-refractivity contribution is -0.131. The number of fused-ring (bicyclic) bond motifs is 3. The predicted molar refractivity (Wildman–Crippen MR) is 128 cm³/mol. The standard InChI is InChI=1S/C25H26ClN5O2/c1-15(28-13-24(32)31-18(12-27)9-16-10-23(16)31)14-30-22-6-4-3-5-21(22)29(2)20-8-7-17(26)11-19(20)25(30)33/h3-8,11,15-16,18,23,28H,9-10,13-14H2,1-2H3/t15-,16+,18-,23-/m0/s1. The molecular weight excluding hydrogens is 438 g/mol. The normalized spacial score (nSPS) is 23.9. The largest absolute Gasteiger partial charge is 0.342 e. The summed E-state index contributed by atoms with van der Waals surface area (Å²) >= 11 is 6.23. The first-order valence-electron chi connectivity index (χ1n) is 11.3. The van der Waals surface area contributed by atoms with Crippen LogP contribution in [-0.2, 0) is 4.79 Å². The molecule has 1 saturated carbocycles. The van der Waals surface area contributed by atoms with Crippen molar-refractivity contribution in [1.82, 2.24) is 10.2 Å². The first-order chi connectivity index (χ1) is 15.9. The zero-order valence-corrected chi connectivity index (χ0v) is 19.4. The summed E-state index contributed by atoms with van der Waals surface area (Å²) in [5, 5.41) is 13.1. The third-order valence-electron chi connectivity index (χ3n) is 6.93. The molecule has 170 valence electrons. The van der Waals surface area contributed by atoms with Crippen LogP contribution >= 0.6 is 11.6 Å². The van der Waals surface area contributed by atoms with E-state index in [4.69, 9.17) is 11.6 Å². The van der Waals surface area contributed by atoms with Crippen molar-refractivity contribution in [2.45, 2.75) is 37.9 Å². The topological polar surface area (TPSA) is 79.7 Å². The van der Waals surface area contributed by atoms with Crippen LogP contribution in [0.2, 0.25) is 5.02 Å². The number of nitrogens with one attached hydrogen (secondary N) is 1. The summed E-state index contributed by atoms with van der Waals surface area (Å²) in [4.78, 5) is 31.9. The number of rotatable bonds is 5. The Morgan fingerprint density at radius 3 is 2.73 bits per heavy atom. The monoisotopic (exact) mass is 463 g/mol. The minimum Gasteiger partial charge on any atom is -0.342 e. The predicted octanol–water partition coefficient (Wildman–Crippen LogP) is 3.56. The number of carbonyl (C=O) groups excluding carboxylic acids is 2. The van der Waals surface area contributed by atoms with Crippen molar-refractivity contribution in [3.05, 3.63) is 53.1 Å². The van der Waals surface area contributed by atoms with Crippen molar-refractivity contribution in [3.63, 3.8) is 0 Å². The molecule has 0 unspecified atom stereocenters. The smallest absolute Gasteiger partial charge is 0.260 e. The fourth-order valence-electron chi connectivity index (χ4n) is 5.14. The number of nitrogens with zero attached hydrogens (tertiary/aromatic N) is 4. The van der Waals surface area contributed by atoms with Gasteiger partial charge >= 0.3 is 0 Å². The maximum atomic E-state index is 13.6. The van der Waals surface area contributed by atoms with E-state index in [1.165, 1.54) is 0 Å². The fraction of sp³-hybridized carbons (Fsp3) is 0.400. The number of hydrogen-bond acceptors (Lipinski definition) is 5. The summed E-state index contributed by atoms with van der Waals surface area (Å²) in [5.74, 6) is 0.318. The van der Waals surface area contributed by atoms with Crippen LogP contribution in [0.1, 0.15) is 30.1 Å². The maximum Gasteiger partial charge on any atom is 0.260 e. The lowest BCUT2D eigenvalue weighted by Gasteiger charge is -2.28. The molecule has 5 rings (SSSR count). The fourth-order valence-corrected chi connectivity index (χ4v) is 5.31. The summed E-state index contributed by atoms with van der Waals surface area (Å²) < 4.78 is 0. The number of carbonyl (C=O) groups is 2. The summed E-state index contributed by atoms with van der Waals surface area (Å²) in [5.41, 5.74) is 3.06. The number of hydrogen-bond donors (Lipinski definition) is 1. The molecule has 2 heterocycles. The molecular formula is C25H26ClN5O2. The third kappa shape index (κ3) is 3.84. The summed E-state index contributed by atoms with van der Waals surface area (Å²) in [7, 11) is 1.94. The van der Waals surface area contributed by atoms with E-state index in [2.05, 4.69) is 11.4 Å². The highest BCUT2D eigenvalue weighted by Crippen LogP contribution is 2.47. The molecule has 1 aliphatic carbocycles. The van der Waals surface area contributed by atoms with Gasteiger partial charge in [-0.15, -0.1) is 0 Å². The zero-order valence-electron chi connectivity index (χ0n) is 18.7. The van der Waals surface area contributed by atoms with E-state index in [1.807, 2.05) is 49.2 Å².